The molecule has 1 N–H and O–H groups in total. The van der Waals surface area contributed by atoms with Gasteiger partial charge in [-0.05, 0) is 32.4 Å². The van der Waals surface area contributed by atoms with E-state index in [2.05, 4.69) is 24.0 Å². The first-order chi connectivity index (χ1) is 7.54. The molecule has 2 rings (SSSR count). The summed E-state index contributed by atoms with van der Waals surface area (Å²) in [6.07, 6.45) is 0. The zero-order valence-electron chi connectivity index (χ0n) is 9.92. The summed E-state index contributed by atoms with van der Waals surface area (Å²) in [5.41, 5.74) is 4.97. The van der Waals surface area contributed by atoms with Crippen molar-refractivity contribution in [1.29, 1.82) is 0 Å². The normalized spacial score (nSPS) is 14.8. The zero-order valence-corrected chi connectivity index (χ0v) is 9.92. The number of nitrogens with one attached hydrogen (secondary N) is 1. The van der Waals surface area contributed by atoms with E-state index < -0.39 is 0 Å². The second-order valence-corrected chi connectivity index (χ2v) is 4.13. The van der Waals surface area contributed by atoms with E-state index in [4.69, 9.17) is 0 Å². The fourth-order valence-corrected chi connectivity index (χ4v) is 2.14. The summed E-state index contributed by atoms with van der Waals surface area (Å²) in [5, 5.41) is 2.91. The molecular formula is C13H16N2O. The summed E-state index contributed by atoms with van der Waals surface area (Å²) >= 11 is 0. The molecule has 0 unspecified atom stereocenters. The van der Waals surface area contributed by atoms with Gasteiger partial charge >= 0.3 is 6.03 Å². The van der Waals surface area contributed by atoms with Crippen molar-refractivity contribution in [2.75, 3.05) is 11.9 Å². The van der Waals surface area contributed by atoms with Crippen LogP contribution in [0.25, 0.3) is 5.70 Å². The summed E-state index contributed by atoms with van der Waals surface area (Å²) in [4.78, 5) is 13.4. The molecule has 1 heterocycles. The van der Waals surface area contributed by atoms with Crippen LogP contribution in [0.1, 0.15) is 23.6 Å². The van der Waals surface area contributed by atoms with Gasteiger partial charge in [-0.15, -0.1) is 0 Å². The molecule has 0 aliphatic carbocycles. The maximum atomic E-state index is 11.8. The molecule has 3 heteroatoms. The van der Waals surface area contributed by atoms with Crippen LogP contribution < -0.4 is 5.32 Å². The fraction of sp³-hybridized carbons (Fsp3) is 0.308. The third-order valence-electron chi connectivity index (χ3n) is 2.91. The number of nitrogens with zero attached hydrogens (tertiary/aromatic N) is 1. The molecular weight excluding hydrogens is 200 g/mol. The largest absolute Gasteiger partial charge is 0.326 e. The van der Waals surface area contributed by atoms with Gasteiger partial charge in [0.05, 0.1) is 5.69 Å². The minimum absolute atomic E-state index is 0.0908. The van der Waals surface area contributed by atoms with Gasteiger partial charge in [0.1, 0.15) is 0 Å². The van der Waals surface area contributed by atoms with Crippen LogP contribution in [0.15, 0.2) is 18.7 Å². The van der Waals surface area contributed by atoms with Crippen LogP contribution in [-0.2, 0) is 0 Å². The molecule has 0 fully saturated rings. The molecule has 1 aliphatic rings. The highest BCUT2D eigenvalue weighted by Gasteiger charge is 2.25. The van der Waals surface area contributed by atoms with Crippen LogP contribution in [0.5, 0.6) is 0 Å². The Kier molecular flexibility index (Phi) is 2.46. The molecule has 1 aromatic rings. The summed E-state index contributed by atoms with van der Waals surface area (Å²) in [5.74, 6) is 0. The number of carbonyl (C=O) groups is 1. The lowest BCUT2D eigenvalue weighted by Gasteiger charge is -2.31. The standard InChI is InChI=1S/C13H16N2O/c1-5-15-10(4)11-7-8(2)6-9(3)12(11)14-13(15)16/h6-7H,4-5H2,1-3H3,(H,14,16). The summed E-state index contributed by atoms with van der Waals surface area (Å²) in [6.45, 7) is 10.6. The Morgan fingerprint density at radius 3 is 2.69 bits per heavy atom. The number of carbonyl (C=O) groups excluding carboxylic acids is 1. The maximum Gasteiger partial charge on any atom is 0.326 e. The number of hydrogen-bond donors (Lipinski definition) is 1. The minimum atomic E-state index is -0.0908. The van der Waals surface area contributed by atoms with E-state index in [0.29, 0.717) is 6.54 Å². The number of rotatable bonds is 1. The van der Waals surface area contributed by atoms with Gasteiger partial charge < -0.3 is 5.32 Å². The highest BCUT2D eigenvalue weighted by Crippen LogP contribution is 2.34. The molecule has 84 valence electrons. The Bertz CT molecular complexity index is 477. The van der Waals surface area contributed by atoms with Crippen LogP contribution in [0.2, 0.25) is 0 Å². The molecule has 0 saturated carbocycles. The predicted octanol–water partition coefficient (Wildman–Crippen LogP) is 3.14. The van der Waals surface area contributed by atoms with Crippen LogP contribution >= 0.6 is 0 Å². The Balaban J connectivity index is 2.59. The van der Waals surface area contributed by atoms with E-state index in [1.807, 2.05) is 20.8 Å². The second-order valence-electron chi connectivity index (χ2n) is 4.13. The highest BCUT2D eigenvalue weighted by molar-refractivity contribution is 6.03. The lowest BCUT2D eigenvalue weighted by Crippen LogP contribution is -2.37. The molecule has 0 radical (unpaired) electrons. The summed E-state index contributed by atoms with van der Waals surface area (Å²) in [7, 11) is 0. The van der Waals surface area contributed by atoms with Gasteiger partial charge in [-0.1, -0.05) is 18.2 Å². The predicted molar refractivity (Wildman–Crippen MR) is 66.3 cm³/mol. The molecule has 0 aromatic heterocycles. The van der Waals surface area contributed by atoms with Crippen molar-refractivity contribution >= 4 is 17.4 Å². The van der Waals surface area contributed by atoms with E-state index in [9.17, 15) is 4.79 Å². The Morgan fingerprint density at radius 2 is 2.06 bits per heavy atom. The van der Waals surface area contributed by atoms with Crippen LogP contribution in [-0.4, -0.2) is 17.5 Å². The monoisotopic (exact) mass is 216 g/mol. The molecule has 0 atom stereocenters. The van der Waals surface area contributed by atoms with Crippen molar-refractivity contribution in [3.05, 3.63) is 35.4 Å². The molecule has 16 heavy (non-hydrogen) atoms. The maximum absolute atomic E-state index is 11.8. The van der Waals surface area contributed by atoms with E-state index in [0.717, 1.165) is 22.5 Å². The average molecular weight is 216 g/mol. The third-order valence-corrected chi connectivity index (χ3v) is 2.91. The average Bonchev–Trinajstić information content (AvgIpc) is 2.21. The van der Waals surface area contributed by atoms with Crippen molar-refractivity contribution in [3.63, 3.8) is 0 Å². The second kappa shape index (κ2) is 3.67. The van der Waals surface area contributed by atoms with Crippen LogP contribution in [0.4, 0.5) is 10.5 Å². The Hall–Kier alpha value is -1.77. The van der Waals surface area contributed by atoms with Gasteiger partial charge in [-0.2, -0.15) is 0 Å². The molecule has 0 saturated heterocycles. The Labute approximate surface area is 95.8 Å². The number of aryl methyl sites for hydroxylation is 2. The number of fused-ring (bicyclic) bond motifs is 1. The molecule has 1 aliphatic heterocycles. The first-order valence-electron chi connectivity index (χ1n) is 5.43. The quantitative estimate of drug-likeness (QED) is 0.768. The van der Waals surface area contributed by atoms with Crippen molar-refractivity contribution in [1.82, 2.24) is 4.90 Å². The van der Waals surface area contributed by atoms with E-state index in [-0.39, 0.29) is 6.03 Å². The number of amides is 2. The van der Waals surface area contributed by atoms with Crippen LogP contribution in [0, 0.1) is 13.8 Å². The minimum Gasteiger partial charge on any atom is -0.307 e. The number of hydrogen-bond acceptors (Lipinski definition) is 1. The lowest BCUT2D eigenvalue weighted by molar-refractivity contribution is 0.232. The number of anilines is 1. The van der Waals surface area contributed by atoms with Gasteiger partial charge in [-0.25, -0.2) is 4.79 Å². The highest BCUT2D eigenvalue weighted by atomic mass is 16.2. The summed E-state index contributed by atoms with van der Waals surface area (Å²) < 4.78 is 0. The fourth-order valence-electron chi connectivity index (χ4n) is 2.14. The van der Waals surface area contributed by atoms with Gasteiger partial charge in [0.25, 0.3) is 0 Å². The van der Waals surface area contributed by atoms with E-state index >= 15 is 0 Å². The van der Waals surface area contributed by atoms with Crippen molar-refractivity contribution in [2.24, 2.45) is 0 Å². The topological polar surface area (TPSA) is 32.3 Å². The first kappa shape index (κ1) is 10.7. The molecule has 1 aromatic carbocycles. The zero-order chi connectivity index (χ0) is 11.9. The smallest absolute Gasteiger partial charge is 0.307 e. The molecule has 0 spiro atoms. The van der Waals surface area contributed by atoms with Crippen molar-refractivity contribution in [3.8, 4) is 0 Å². The molecule has 0 bridgehead atoms. The number of urea groups is 1. The first-order valence-corrected chi connectivity index (χ1v) is 5.43. The SMILES string of the molecule is C=C1c2cc(C)cc(C)c2NC(=O)N1CC. The van der Waals surface area contributed by atoms with Crippen molar-refractivity contribution < 1.29 is 4.79 Å². The van der Waals surface area contributed by atoms with Gasteiger partial charge in [0, 0.05) is 17.8 Å². The molecule has 3 nitrogen and oxygen atoms in total. The number of benzene rings is 1. The van der Waals surface area contributed by atoms with Gasteiger partial charge in [0.2, 0.25) is 0 Å². The lowest BCUT2D eigenvalue weighted by atomic mass is 10.00. The van der Waals surface area contributed by atoms with Crippen molar-refractivity contribution in [2.45, 2.75) is 20.8 Å². The molecule has 2 amide bonds. The van der Waals surface area contributed by atoms with E-state index in [1.165, 1.54) is 5.56 Å². The third kappa shape index (κ3) is 1.48. The Morgan fingerprint density at radius 1 is 1.38 bits per heavy atom. The van der Waals surface area contributed by atoms with Crippen LogP contribution in [0.3, 0.4) is 0 Å². The van der Waals surface area contributed by atoms with E-state index in [1.54, 1.807) is 4.90 Å². The van der Waals surface area contributed by atoms with Gasteiger partial charge in [-0.3, -0.25) is 4.90 Å². The van der Waals surface area contributed by atoms with Gasteiger partial charge in [0.15, 0.2) is 0 Å². The summed E-state index contributed by atoms with van der Waals surface area (Å²) in [6, 6.07) is 4.03.